The molecule has 1 saturated heterocycles. The number of phosphoric acid groups is 1. The molecular formula is C24H22F5N2O10P. The second kappa shape index (κ2) is 11.8. The summed E-state index contributed by atoms with van der Waals surface area (Å²) in [4.78, 5) is 24.9. The minimum atomic E-state index is -5.12. The SMILES string of the molecule is COc1ccc(OP(=O)(OCC2(C(F)F)OC(n3cc(F)c(=O)[nH]c3=O)C(O)C2(F)F)Oc2ccc(OC)cc2)cc1. The van der Waals surface area contributed by atoms with E-state index in [4.69, 9.17) is 27.8 Å². The molecule has 0 amide bonds. The van der Waals surface area contributed by atoms with Gasteiger partial charge in [-0.3, -0.25) is 18.9 Å². The Bertz CT molecular complexity index is 1510. The third-order valence-electron chi connectivity index (χ3n) is 6.08. The fraction of sp³-hybridized carbons (Fsp3) is 0.333. The molecule has 1 fully saturated rings. The van der Waals surface area contributed by atoms with E-state index in [9.17, 15) is 32.4 Å². The maximum absolute atomic E-state index is 15.3. The smallest absolute Gasteiger partial charge is 0.497 e. The number of phosphoric ester groups is 1. The number of nitrogens with zero attached hydrogens (tertiary/aromatic N) is 1. The van der Waals surface area contributed by atoms with Gasteiger partial charge in [-0.2, -0.15) is 13.2 Å². The van der Waals surface area contributed by atoms with Gasteiger partial charge < -0.3 is 28.4 Å². The lowest BCUT2D eigenvalue weighted by Gasteiger charge is -2.33. The monoisotopic (exact) mass is 624 g/mol. The maximum Gasteiger partial charge on any atom is 0.587 e. The van der Waals surface area contributed by atoms with Crippen molar-refractivity contribution in [1.82, 2.24) is 9.55 Å². The number of ether oxygens (including phenoxy) is 3. The van der Waals surface area contributed by atoms with Crippen LogP contribution in [0.1, 0.15) is 6.23 Å². The first-order valence-corrected chi connectivity index (χ1v) is 13.2. The van der Waals surface area contributed by atoms with Crippen molar-refractivity contribution in [3.63, 3.8) is 0 Å². The zero-order chi connectivity index (χ0) is 30.9. The average molecular weight is 624 g/mol. The molecule has 2 heterocycles. The molecule has 0 radical (unpaired) electrons. The van der Waals surface area contributed by atoms with Gasteiger partial charge in [0.1, 0.15) is 29.6 Å². The van der Waals surface area contributed by atoms with Crippen molar-refractivity contribution in [2.45, 2.75) is 30.3 Å². The highest BCUT2D eigenvalue weighted by Gasteiger charge is 2.74. The summed E-state index contributed by atoms with van der Waals surface area (Å²) in [7, 11) is -2.40. The Balaban J connectivity index is 1.69. The molecule has 1 aromatic heterocycles. The highest BCUT2D eigenvalue weighted by Crippen LogP contribution is 2.56. The van der Waals surface area contributed by atoms with Crippen LogP contribution in [0.15, 0.2) is 64.3 Å². The number of halogens is 5. The molecule has 3 atom stereocenters. The molecule has 3 unspecified atom stereocenters. The summed E-state index contributed by atoms with van der Waals surface area (Å²) < 4.78 is 117. The van der Waals surface area contributed by atoms with E-state index in [0.717, 1.165) is 0 Å². The van der Waals surface area contributed by atoms with E-state index in [0.29, 0.717) is 11.5 Å². The van der Waals surface area contributed by atoms with Crippen molar-refractivity contribution in [3.05, 3.63) is 81.4 Å². The van der Waals surface area contributed by atoms with Crippen LogP contribution < -0.4 is 29.8 Å². The van der Waals surface area contributed by atoms with Gasteiger partial charge in [0.2, 0.25) is 11.4 Å². The lowest BCUT2D eigenvalue weighted by Crippen LogP contribution is -2.57. The molecule has 42 heavy (non-hydrogen) atoms. The number of nitrogens with one attached hydrogen (secondary N) is 1. The van der Waals surface area contributed by atoms with Gasteiger partial charge in [0.05, 0.1) is 20.4 Å². The van der Waals surface area contributed by atoms with E-state index in [-0.39, 0.29) is 22.3 Å². The zero-order valence-corrected chi connectivity index (χ0v) is 22.4. The number of alkyl halides is 4. The van der Waals surface area contributed by atoms with Crippen LogP contribution >= 0.6 is 7.82 Å². The Kier molecular flexibility index (Phi) is 8.68. The molecule has 2 N–H and O–H groups in total. The van der Waals surface area contributed by atoms with E-state index in [1.807, 2.05) is 0 Å². The molecule has 0 saturated carbocycles. The summed E-state index contributed by atoms with van der Waals surface area (Å²) >= 11 is 0. The molecule has 1 aliphatic heterocycles. The van der Waals surface area contributed by atoms with Gasteiger partial charge in [-0.15, -0.1) is 0 Å². The van der Waals surface area contributed by atoms with Crippen LogP contribution in [-0.2, 0) is 13.8 Å². The quantitative estimate of drug-likeness (QED) is 0.240. The Morgan fingerprint density at radius 2 is 1.45 bits per heavy atom. The molecule has 0 bridgehead atoms. The van der Waals surface area contributed by atoms with Crippen LogP contribution in [0.4, 0.5) is 22.0 Å². The number of aromatic amines is 1. The molecular weight excluding hydrogens is 602 g/mol. The highest BCUT2D eigenvalue weighted by molar-refractivity contribution is 7.49. The molecule has 2 aromatic carbocycles. The van der Waals surface area contributed by atoms with Crippen molar-refractivity contribution in [1.29, 1.82) is 0 Å². The highest BCUT2D eigenvalue weighted by atomic mass is 31.2. The average Bonchev–Trinajstić information content (AvgIpc) is 3.16. The first-order chi connectivity index (χ1) is 19.7. The first kappa shape index (κ1) is 31.0. The van der Waals surface area contributed by atoms with Crippen molar-refractivity contribution in [2.24, 2.45) is 0 Å². The Hall–Kier alpha value is -3.92. The predicted molar refractivity (Wildman–Crippen MR) is 132 cm³/mol. The minimum Gasteiger partial charge on any atom is -0.497 e. The van der Waals surface area contributed by atoms with E-state index in [1.54, 1.807) is 0 Å². The summed E-state index contributed by atoms with van der Waals surface area (Å²) in [6.07, 6.45) is -9.90. The molecule has 228 valence electrons. The summed E-state index contributed by atoms with van der Waals surface area (Å²) in [6, 6.07) is 10.4. The first-order valence-electron chi connectivity index (χ1n) is 11.7. The van der Waals surface area contributed by atoms with Gasteiger partial charge >= 0.3 is 19.4 Å². The lowest BCUT2D eigenvalue weighted by atomic mass is 9.95. The van der Waals surface area contributed by atoms with Crippen molar-refractivity contribution >= 4 is 7.82 Å². The summed E-state index contributed by atoms with van der Waals surface area (Å²) in [5.41, 5.74) is -7.17. The topological polar surface area (TPSA) is 148 Å². The van der Waals surface area contributed by atoms with Crippen LogP contribution in [0.5, 0.6) is 23.0 Å². The van der Waals surface area contributed by atoms with Crippen LogP contribution in [-0.4, -0.2) is 59.5 Å². The third kappa shape index (κ3) is 5.86. The summed E-state index contributed by atoms with van der Waals surface area (Å²) in [5.74, 6) is -6.32. The molecule has 0 aliphatic carbocycles. The fourth-order valence-electron chi connectivity index (χ4n) is 3.81. The van der Waals surface area contributed by atoms with Gasteiger partial charge in [-0.25, -0.2) is 18.1 Å². The normalized spacial score (nSPS) is 21.7. The number of aliphatic hydroxyl groups excluding tert-OH is 1. The minimum absolute atomic E-state index is 0.0409. The van der Waals surface area contributed by atoms with Crippen LogP contribution in [0.2, 0.25) is 0 Å². The second-order valence-corrected chi connectivity index (χ2v) is 10.2. The van der Waals surface area contributed by atoms with E-state index < -0.39 is 61.8 Å². The lowest BCUT2D eigenvalue weighted by molar-refractivity contribution is -0.242. The van der Waals surface area contributed by atoms with E-state index >= 15 is 8.78 Å². The number of methoxy groups -OCH3 is 2. The van der Waals surface area contributed by atoms with Crippen LogP contribution in [0.3, 0.4) is 0 Å². The fourth-order valence-corrected chi connectivity index (χ4v) is 5.07. The second-order valence-electron chi connectivity index (χ2n) is 8.66. The number of hydrogen-bond donors (Lipinski definition) is 2. The van der Waals surface area contributed by atoms with Crippen molar-refractivity contribution in [3.8, 4) is 23.0 Å². The number of benzene rings is 2. The van der Waals surface area contributed by atoms with Gasteiger partial charge in [-0.05, 0) is 48.5 Å². The number of rotatable bonds is 11. The van der Waals surface area contributed by atoms with E-state index in [1.165, 1.54) is 67.7 Å². The summed E-state index contributed by atoms with van der Waals surface area (Å²) in [5, 5.41) is 10.2. The van der Waals surface area contributed by atoms with Crippen molar-refractivity contribution < 1.29 is 59.4 Å². The van der Waals surface area contributed by atoms with Gasteiger partial charge in [-0.1, -0.05) is 0 Å². The molecule has 18 heteroatoms. The van der Waals surface area contributed by atoms with Gasteiger partial charge in [0, 0.05) is 0 Å². The Morgan fingerprint density at radius 1 is 0.976 bits per heavy atom. The largest absolute Gasteiger partial charge is 0.587 e. The molecule has 4 rings (SSSR count). The molecule has 3 aromatic rings. The third-order valence-corrected chi connectivity index (χ3v) is 7.39. The van der Waals surface area contributed by atoms with Crippen LogP contribution in [0, 0.1) is 5.82 Å². The maximum atomic E-state index is 15.3. The zero-order valence-electron chi connectivity index (χ0n) is 21.5. The Labute approximate surface area is 232 Å². The van der Waals surface area contributed by atoms with Crippen LogP contribution in [0.25, 0.3) is 0 Å². The standard InChI is InChI=1S/C24H22F5N2O10P/c1-36-13-3-7-15(8-4-13)40-42(35,41-16-9-5-14(37-2)6-10-16)38-12-23(21(26)27)24(28,29)18(32)20(39-23)31-11-17(25)19(33)30-22(31)34/h3-11,18,20-21,32H,12H2,1-2H3,(H,30,33,34). The van der Waals surface area contributed by atoms with Crippen molar-refractivity contribution in [2.75, 3.05) is 20.8 Å². The molecule has 0 spiro atoms. The number of hydrogen-bond acceptors (Lipinski definition) is 10. The van der Waals surface area contributed by atoms with E-state index in [2.05, 4.69) is 0 Å². The summed E-state index contributed by atoms with van der Waals surface area (Å²) in [6.45, 7) is -1.94. The predicted octanol–water partition coefficient (Wildman–Crippen LogP) is 3.50. The van der Waals surface area contributed by atoms with Gasteiger partial charge in [0.25, 0.3) is 12.0 Å². The Morgan fingerprint density at radius 3 is 1.90 bits per heavy atom. The number of aliphatic hydroxyl groups is 1. The molecule has 12 nitrogen and oxygen atoms in total. The number of aromatic nitrogens is 2. The van der Waals surface area contributed by atoms with Gasteiger partial charge in [0.15, 0.2) is 12.3 Å². The number of H-pyrrole nitrogens is 1. The molecule has 1 aliphatic rings.